The summed E-state index contributed by atoms with van der Waals surface area (Å²) in [5.41, 5.74) is 1.61. The van der Waals surface area contributed by atoms with E-state index < -0.39 is 0 Å². The van der Waals surface area contributed by atoms with E-state index in [1.807, 2.05) is 0 Å². The summed E-state index contributed by atoms with van der Waals surface area (Å²) in [4.78, 5) is 2.48. The molecule has 112 valence electrons. The maximum Gasteiger partial charge on any atom is 0.0120 e. The molecule has 2 heteroatoms. The number of nitrogens with one attached hydrogen (secondary N) is 1. The van der Waals surface area contributed by atoms with Gasteiger partial charge in [0.1, 0.15) is 0 Å². The Morgan fingerprint density at radius 2 is 1.85 bits per heavy atom. The van der Waals surface area contributed by atoms with E-state index in [9.17, 15) is 0 Å². The standard InChI is InChI=1S/C18H30N2/c1-14-12-20(5)15(2)11-17(14)19-13-18(3,4)16-9-7-6-8-10-16/h6-10,14-15,17,19H,11-13H2,1-5H3. The van der Waals surface area contributed by atoms with Gasteiger partial charge < -0.3 is 10.2 Å². The monoisotopic (exact) mass is 274 g/mol. The molecule has 0 radical (unpaired) electrons. The zero-order valence-electron chi connectivity index (χ0n) is 13.7. The fraction of sp³-hybridized carbons (Fsp3) is 0.667. The molecule has 3 atom stereocenters. The van der Waals surface area contributed by atoms with Crippen LogP contribution in [-0.4, -0.2) is 37.1 Å². The molecule has 1 aromatic rings. The molecule has 0 spiro atoms. The van der Waals surface area contributed by atoms with Crippen LogP contribution in [0.3, 0.4) is 0 Å². The van der Waals surface area contributed by atoms with Gasteiger partial charge in [-0.3, -0.25) is 0 Å². The number of hydrogen-bond donors (Lipinski definition) is 1. The van der Waals surface area contributed by atoms with Gasteiger partial charge in [-0.15, -0.1) is 0 Å². The van der Waals surface area contributed by atoms with Crippen LogP contribution in [0.2, 0.25) is 0 Å². The van der Waals surface area contributed by atoms with Gasteiger partial charge in [0.2, 0.25) is 0 Å². The average molecular weight is 274 g/mol. The zero-order valence-corrected chi connectivity index (χ0v) is 13.7. The lowest BCUT2D eigenvalue weighted by molar-refractivity contribution is 0.119. The summed E-state index contributed by atoms with van der Waals surface area (Å²) in [6.45, 7) is 11.6. The Kier molecular flexibility index (Phi) is 4.87. The fourth-order valence-corrected chi connectivity index (χ4v) is 3.20. The van der Waals surface area contributed by atoms with Crippen molar-refractivity contribution in [3.8, 4) is 0 Å². The highest BCUT2D eigenvalue weighted by atomic mass is 15.2. The minimum absolute atomic E-state index is 0.188. The van der Waals surface area contributed by atoms with Crippen molar-refractivity contribution >= 4 is 0 Å². The molecule has 2 nitrogen and oxygen atoms in total. The van der Waals surface area contributed by atoms with E-state index in [-0.39, 0.29) is 5.41 Å². The lowest BCUT2D eigenvalue weighted by Gasteiger charge is -2.41. The van der Waals surface area contributed by atoms with E-state index in [0.29, 0.717) is 12.1 Å². The summed E-state index contributed by atoms with van der Waals surface area (Å²) in [5.74, 6) is 0.725. The largest absolute Gasteiger partial charge is 0.313 e. The second-order valence-electron chi connectivity index (χ2n) is 7.24. The molecule has 0 aliphatic carbocycles. The first kappa shape index (κ1) is 15.5. The quantitative estimate of drug-likeness (QED) is 0.906. The average Bonchev–Trinajstić information content (AvgIpc) is 2.42. The molecule has 1 aliphatic heterocycles. The van der Waals surface area contributed by atoms with E-state index in [0.717, 1.165) is 12.5 Å². The Morgan fingerprint density at radius 1 is 1.20 bits per heavy atom. The molecule has 1 heterocycles. The first-order chi connectivity index (χ1) is 9.40. The molecule has 3 unspecified atom stereocenters. The smallest absolute Gasteiger partial charge is 0.0120 e. The van der Waals surface area contributed by atoms with Crippen molar-refractivity contribution in [2.24, 2.45) is 5.92 Å². The van der Waals surface area contributed by atoms with Crippen LogP contribution in [0.4, 0.5) is 0 Å². The summed E-state index contributed by atoms with van der Waals surface area (Å²) in [6, 6.07) is 12.2. The maximum absolute atomic E-state index is 3.83. The summed E-state index contributed by atoms with van der Waals surface area (Å²) >= 11 is 0. The van der Waals surface area contributed by atoms with Gasteiger partial charge in [-0.25, -0.2) is 0 Å². The van der Waals surface area contributed by atoms with Crippen LogP contribution in [-0.2, 0) is 5.41 Å². The lowest BCUT2D eigenvalue weighted by atomic mass is 9.83. The van der Waals surface area contributed by atoms with Crippen molar-refractivity contribution in [2.75, 3.05) is 20.1 Å². The van der Waals surface area contributed by atoms with Crippen molar-refractivity contribution in [1.82, 2.24) is 10.2 Å². The highest BCUT2D eigenvalue weighted by Gasteiger charge is 2.30. The molecule has 1 fully saturated rings. The molecule has 20 heavy (non-hydrogen) atoms. The summed E-state index contributed by atoms with van der Waals surface area (Å²) in [6.07, 6.45) is 1.25. The van der Waals surface area contributed by atoms with Gasteiger partial charge in [-0.2, -0.15) is 0 Å². The lowest BCUT2D eigenvalue weighted by Crippen LogP contribution is -2.52. The van der Waals surface area contributed by atoms with Crippen LogP contribution in [0.1, 0.15) is 39.7 Å². The van der Waals surface area contributed by atoms with Crippen LogP contribution in [0, 0.1) is 5.92 Å². The molecule has 0 aromatic heterocycles. The molecule has 1 aliphatic rings. The van der Waals surface area contributed by atoms with Gasteiger partial charge in [0.15, 0.2) is 0 Å². The first-order valence-electron chi connectivity index (χ1n) is 7.89. The highest BCUT2D eigenvalue weighted by Crippen LogP contribution is 2.25. The third-order valence-electron chi connectivity index (χ3n) is 4.97. The number of rotatable bonds is 4. The topological polar surface area (TPSA) is 15.3 Å². The van der Waals surface area contributed by atoms with Crippen LogP contribution in [0.25, 0.3) is 0 Å². The molecule has 1 saturated heterocycles. The normalized spacial score (nSPS) is 28.6. The Balaban J connectivity index is 1.94. The molecular weight excluding hydrogens is 244 g/mol. The van der Waals surface area contributed by atoms with Gasteiger partial charge in [-0.1, -0.05) is 51.1 Å². The fourth-order valence-electron chi connectivity index (χ4n) is 3.20. The number of nitrogens with zero attached hydrogens (tertiary/aromatic N) is 1. The van der Waals surface area contributed by atoms with Gasteiger partial charge >= 0.3 is 0 Å². The van der Waals surface area contributed by atoms with Gasteiger partial charge in [-0.05, 0) is 31.9 Å². The van der Waals surface area contributed by atoms with E-state index in [1.165, 1.54) is 18.5 Å². The number of benzene rings is 1. The summed E-state index contributed by atoms with van der Waals surface area (Å²) < 4.78 is 0. The van der Waals surface area contributed by atoms with Crippen LogP contribution in [0.15, 0.2) is 30.3 Å². The van der Waals surface area contributed by atoms with Gasteiger partial charge in [0, 0.05) is 30.6 Å². The number of piperidine rings is 1. The molecule has 2 rings (SSSR count). The summed E-state index contributed by atoms with van der Waals surface area (Å²) in [5, 5.41) is 3.83. The molecular formula is C18H30N2. The first-order valence-corrected chi connectivity index (χ1v) is 7.89. The van der Waals surface area contributed by atoms with Gasteiger partial charge in [0.05, 0.1) is 0 Å². The van der Waals surface area contributed by atoms with Crippen molar-refractivity contribution in [3.63, 3.8) is 0 Å². The highest BCUT2D eigenvalue weighted by molar-refractivity contribution is 5.23. The zero-order chi connectivity index (χ0) is 14.8. The van der Waals surface area contributed by atoms with Crippen molar-refractivity contribution < 1.29 is 0 Å². The van der Waals surface area contributed by atoms with E-state index >= 15 is 0 Å². The minimum atomic E-state index is 0.188. The third-order valence-corrected chi connectivity index (χ3v) is 4.97. The minimum Gasteiger partial charge on any atom is -0.313 e. The second kappa shape index (κ2) is 6.28. The van der Waals surface area contributed by atoms with E-state index in [1.54, 1.807) is 0 Å². The molecule has 1 aromatic carbocycles. The molecule has 1 N–H and O–H groups in total. The second-order valence-corrected chi connectivity index (χ2v) is 7.24. The number of likely N-dealkylation sites (tertiary alicyclic amines) is 1. The van der Waals surface area contributed by atoms with Crippen LogP contribution >= 0.6 is 0 Å². The van der Waals surface area contributed by atoms with Crippen molar-refractivity contribution in [2.45, 2.75) is 51.6 Å². The predicted molar refractivity (Wildman–Crippen MR) is 87.1 cm³/mol. The Bertz CT molecular complexity index is 413. The Morgan fingerprint density at radius 3 is 2.50 bits per heavy atom. The third kappa shape index (κ3) is 3.62. The van der Waals surface area contributed by atoms with Crippen molar-refractivity contribution in [1.29, 1.82) is 0 Å². The van der Waals surface area contributed by atoms with E-state index in [2.05, 4.69) is 75.3 Å². The SMILES string of the molecule is CC1CN(C)C(C)CC1NCC(C)(C)c1ccccc1. The molecule has 0 bridgehead atoms. The van der Waals surface area contributed by atoms with Crippen molar-refractivity contribution in [3.05, 3.63) is 35.9 Å². The van der Waals surface area contributed by atoms with Crippen LogP contribution in [0.5, 0.6) is 0 Å². The predicted octanol–water partition coefficient (Wildman–Crippen LogP) is 3.28. The summed E-state index contributed by atoms with van der Waals surface area (Å²) in [7, 11) is 2.24. The Labute approximate surface area is 124 Å². The Hall–Kier alpha value is -0.860. The maximum atomic E-state index is 3.83. The van der Waals surface area contributed by atoms with Gasteiger partial charge in [0.25, 0.3) is 0 Å². The number of hydrogen-bond acceptors (Lipinski definition) is 2. The van der Waals surface area contributed by atoms with E-state index in [4.69, 9.17) is 0 Å². The molecule has 0 amide bonds. The van der Waals surface area contributed by atoms with Crippen LogP contribution < -0.4 is 5.32 Å². The molecule has 0 saturated carbocycles.